The van der Waals surface area contributed by atoms with E-state index >= 15 is 0 Å². The fraction of sp³-hybridized carbons (Fsp3) is 0.545. The minimum Gasteiger partial charge on any atom is -0.476 e. The van der Waals surface area contributed by atoms with E-state index in [2.05, 4.69) is 11.8 Å². The molecule has 0 bridgehead atoms. The van der Waals surface area contributed by atoms with Gasteiger partial charge in [0.2, 0.25) is 11.8 Å². The van der Waals surface area contributed by atoms with Gasteiger partial charge in [0.05, 0.1) is 28.6 Å². The van der Waals surface area contributed by atoms with Crippen LogP contribution in [0.3, 0.4) is 0 Å². The Bertz CT molecular complexity index is 836. The zero-order valence-corrected chi connectivity index (χ0v) is 17.6. The topological polar surface area (TPSA) is 55.8 Å². The number of amides is 2. The second-order valence-corrected chi connectivity index (χ2v) is 8.09. The van der Waals surface area contributed by atoms with Crippen molar-refractivity contribution in [1.29, 1.82) is 0 Å². The average Bonchev–Trinajstić information content (AvgIpc) is 2.92. The molecule has 3 unspecified atom stereocenters. The van der Waals surface area contributed by atoms with Crippen molar-refractivity contribution in [3.63, 3.8) is 0 Å². The molecule has 1 saturated heterocycles. The standard InChI is InChI=1S/C22H25ClFNO4/c1-13(2)28-10-6-7-14(3)29-20-12-19(18(24)11-17(20)23)25-21(26)15-8-4-5-9-16(15)22(25)27/h11-16H,4-5,8-10H2,1-3H3. The highest BCUT2D eigenvalue weighted by atomic mass is 35.5. The largest absolute Gasteiger partial charge is 0.476 e. The minimum absolute atomic E-state index is 0.0508. The van der Waals surface area contributed by atoms with Gasteiger partial charge in [0, 0.05) is 6.07 Å². The van der Waals surface area contributed by atoms with Crippen LogP contribution in [0.25, 0.3) is 0 Å². The number of carbonyl (C=O) groups is 2. The summed E-state index contributed by atoms with van der Waals surface area (Å²) in [6.07, 6.45) is 2.68. The van der Waals surface area contributed by atoms with Gasteiger partial charge < -0.3 is 9.47 Å². The lowest BCUT2D eigenvalue weighted by molar-refractivity contribution is -0.122. The Morgan fingerprint density at radius 2 is 1.79 bits per heavy atom. The highest BCUT2D eigenvalue weighted by molar-refractivity contribution is 6.32. The maximum Gasteiger partial charge on any atom is 0.237 e. The second kappa shape index (κ2) is 9.15. The lowest BCUT2D eigenvalue weighted by Gasteiger charge is -2.19. The van der Waals surface area contributed by atoms with Crippen LogP contribution in [-0.2, 0) is 14.3 Å². The van der Waals surface area contributed by atoms with Crippen LogP contribution in [-0.4, -0.2) is 30.6 Å². The number of ether oxygens (including phenoxy) is 2. The minimum atomic E-state index is -0.730. The molecule has 1 heterocycles. The van der Waals surface area contributed by atoms with Gasteiger partial charge >= 0.3 is 0 Å². The Labute approximate surface area is 175 Å². The molecule has 1 saturated carbocycles. The first-order chi connectivity index (χ1) is 13.8. The molecular formula is C22H25ClFNO4. The van der Waals surface area contributed by atoms with E-state index in [1.54, 1.807) is 6.92 Å². The molecule has 5 nitrogen and oxygen atoms in total. The highest BCUT2D eigenvalue weighted by Gasteiger charge is 2.49. The lowest BCUT2D eigenvalue weighted by atomic mass is 9.81. The van der Waals surface area contributed by atoms with Gasteiger partial charge in [0.1, 0.15) is 18.2 Å². The molecule has 0 aromatic heterocycles. The van der Waals surface area contributed by atoms with E-state index < -0.39 is 11.9 Å². The number of benzene rings is 1. The van der Waals surface area contributed by atoms with Gasteiger partial charge in [0.15, 0.2) is 6.10 Å². The number of imide groups is 1. The molecule has 2 amide bonds. The van der Waals surface area contributed by atoms with Crippen molar-refractivity contribution < 1.29 is 23.5 Å². The predicted octanol–water partition coefficient (Wildman–Crippen LogP) is 4.35. The second-order valence-electron chi connectivity index (χ2n) is 7.68. The predicted molar refractivity (Wildman–Crippen MR) is 108 cm³/mol. The van der Waals surface area contributed by atoms with Crippen LogP contribution in [0.5, 0.6) is 5.75 Å². The number of halogens is 2. The third kappa shape index (κ3) is 4.73. The molecule has 2 aliphatic rings. The number of carbonyl (C=O) groups excluding carboxylic acids is 2. The molecule has 156 valence electrons. The van der Waals surface area contributed by atoms with Crippen molar-refractivity contribution >= 4 is 29.1 Å². The van der Waals surface area contributed by atoms with Gasteiger partial charge in [0.25, 0.3) is 0 Å². The van der Waals surface area contributed by atoms with Crippen molar-refractivity contribution in [1.82, 2.24) is 0 Å². The third-order valence-corrected chi connectivity index (χ3v) is 5.48. The van der Waals surface area contributed by atoms with Gasteiger partial charge in [-0.1, -0.05) is 36.3 Å². The number of fused-ring (bicyclic) bond motifs is 1. The fourth-order valence-electron chi connectivity index (χ4n) is 3.79. The SMILES string of the molecule is CC(C)OCC#CC(C)Oc1cc(N2C(=O)C3CCCCC3C2=O)c(F)cc1Cl. The Balaban J connectivity index is 1.81. The number of anilines is 1. The van der Waals surface area contributed by atoms with E-state index in [0.29, 0.717) is 12.8 Å². The van der Waals surface area contributed by atoms with Crippen LogP contribution in [0, 0.1) is 29.5 Å². The Kier molecular flexibility index (Phi) is 6.81. The average molecular weight is 422 g/mol. The molecule has 1 aliphatic heterocycles. The monoisotopic (exact) mass is 421 g/mol. The normalized spacial score (nSPS) is 22.3. The Morgan fingerprint density at radius 1 is 1.17 bits per heavy atom. The first kappa shape index (κ1) is 21.6. The van der Waals surface area contributed by atoms with Gasteiger partial charge in [-0.2, -0.15) is 0 Å². The van der Waals surface area contributed by atoms with Crippen LogP contribution in [0.1, 0.15) is 46.5 Å². The van der Waals surface area contributed by atoms with Crippen LogP contribution < -0.4 is 9.64 Å². The summed E-state index contributed by atoms with van der Waals surface area (Å²) in [7, 11) is 0. The van der Waals surface area contributed by atoms with Crippen molar-refractivity contribution in [2.75, 3.05) is 11.5 Å². The number of nitrogens with zero attached hydrogens (tertiary/aromatic N) is 1. The third-order valence-electron chi connectivity index (χ3n) is 5.18. The maximum atomic E-state index is 14.6. The molecule has 1 aromatic rings. The molecule has 2 fully saturated rings. The molecule has 3 rings (SSSR count). The van der Waals surface area contributed by atoms with Gasteiger partial charge in [-0.3, -0.25) is 9.59 Å². The summed E-state index contributed by atoms with van der Waals surface area (Å²) in [4.78, 5) is 26.5. The Morgan fingerprint density at radius 3 is 2.38 bits per heavy atom. The summed E-state index contributed by atoms with van der Waals surface area (Å²) in [5.41, 5.74) is -0.114. The van der Waals surface area contributed by atoms with Gasteiger partial charge in [-0.05, 0) is 39.7 Å². The first-order valence-corrected chi connectivity index (χ1v) is 10.3. The molecular weight excluding hydrogens is 397 g/mol. The van der Waals surface area contributed by atoms with E-state index in [-0.39, 0.29) is 52.8 Å². The van der Waals surface area contributed by atoms with Crippen LogP contribution in [0.15, 0.2) is 12.1 Å². The summed E-state index contributed by atoms with van der Waals surface area (Å²) in [5.74, 6) is 3.77. The number of hydrogen-bond donors (Lipinski definition) is 0. The molecule has 7 heteroatoms. The van der Waals surface area contributed by atoms with Crippen molar-refractivity contribution in [3.05, 3.63) is 23.0 Å². The van der Waals surface area contributed by atoms with Crippen molar-refractivity contribution in [2.24, 2.45) is 11.8 Å². The molecule has 0 radical (unpaired) electrons. The van der Waals surface area contributed by atoms with E-state index in [4.69, 9.17) is 21.1 Å². The fourth-order valence-corrected chi connectivity index (χ4v) is 3.99. The molecule has 1 aliphatic carbocycles. The molecule has 0 N–H and O–H groups in total. The summed E-state index contributed by atoms with van der Waals surface area (Å²) in [6.45, 7) is 5.83. The molecule has 3 atom stereocenters. The molecule has 29 heavy (non-hydrogen) atoms. The van der Waals surface area contributed by atoms with Crippen molar-refractivity contribution in [2.45, 2.75) is 58.7 Å². The zero-order valence-electron chi connectivity index (χ0n) is 16.8. The van der Waals surface area contributed by atoms with E-state index in [0.717, 1.165) is 23.8 Å². The van der Waals surface area contributed by atoms with Crippen molar-refractivity contribution in [3.8, 4) is 17.6 Å². The summed E-state index contributed by atoms with van der Waals surface area (Å²) >= 11 is 6.12. The zero-order chi connectivity index (χ0) is 21.1. The summed E-state index contributed by atoms with van der Waals surface area (Å²) < 4.78 is 25.7. The van der Waals surface area contributed by atoms with E-state index in [9.17, 15) is 14.0 Å². The van der Waals surface area contributed by atoms with E-state index in [1.807, 2.05) is 13.8 Å². The Hall–Kier alpha value is -2.10. The van der Waals surface area contributed by atoms with E-state index in [1.165, 1.54) is 6.07 Å². The summed E-state index contributed by atoms with van der Waals surface area (Å²) in [6, 6.07) is 2.38. The molecule has 1 aromatic carbocycles. The molecule has 0 spiro atoms. The lowest BCUT2D eigenvalue weighted by Crippen LogP contribution is -2.31. The highest BCUT2D eigenvalue weighted by Crippen LogP contribution is 2.42. The number of hydrogen-bond acceptors (Lipinski definition) is 4. The van der Waals surface area contributed by atoms with Crippen LogP contribution >= 0.6 is 11.6 Å². The first-order valence-electron chi connectivity index (χ1n) is 9.93. The van der Waals surface area contributed by atoms with Crippen LogP contribution in [0.2, 0.25) is 5.02 Å². The van der Waals surface area contributed by atoms with Crippen LogP contribution in [0.4, 0.5) is 10.1 Å². The number of rotatable bonds is 5. The van der Waals surface area contributed by atoms with Gasteiger partial charge in [-0.15, -0.1) is 0 Å². The maximum absolute atomic E-state index is 14.6. The quantitative estimate of drug-likeness (QED) is 0.523. The summed E-state index contributed by atoms with van der Waals surface area (Å²) in [5, 5.41) is 0.0508. The van der Waals surface area contributed by atoms with Gasteiger partial charge in [-0.25, -0.2) is 9.29 Å². The smallest absolute Gasteiger partial charge is 0.237 e.